The van der Waals surface area contributed by atoms with Crippen LogP contribution in [0.4, 0.5) is 5.69 Å². The van der Waals surface area contributed by atoms with Gasteiger partial charge in [-0.2, -0.15) is 0 Å². The normalized spacial score (nSPS) is 12.4. The van der Waals surface area contributed by atoms with Gasteiger partial charge in [0.05, 0.1) is 18.0 Å². The van der Waals surface area contributed by atoms with Gasteiger partial charge in [-0.25, -0.2) is 8.42 Å². The smallest absolute Gasteiger partial charge is 0.232 e. The van der Waals surface area contributed by atoms with Crippen molar-refractivity contribution < 1.29 is 13.2 Å². The topological polar surface area (TPSA) is 66.5 Å². The van der Waals surface area contributed by atoms with Crippen molar-refractivity contribution >= 4 is 21.6 Å². The summed E-state index contributed by atoms with van der Waals surface area (Å²) in [6.45, 7) is 8.41. The fourth-order valence-corrected chi connectivity index (χ4v) is 4.16. The second-order valence-electron chi connectivity index (χ2n) is 7.59. The van der Waals surface area contributed by atoms with Crippen LogP contribution in [-0.4, -0.2) is 27.1 Å². The van der Waals surface area contributed by atoms with Crippen molar-refractivity contribution in [1.82, 2.24) is 5.32 Å². The van der Waals surface area contributed by atoms with E-state index in [0.29, 0.717) is 12.1 Å². The predicted molar refractivity (Wildman–Crippen MR) is 120 cm³/mol. The molecular formula is C23H32N2O3S. The second-order valence-corrected chi connectivity index (χ2v) is 9.50. The molecule has 0 saturated carbocycles. The molecule has 158 valence electrons. The van der Waals surface area contributed by atoms with Gasteiger partial charge >= 0.3 is 0 Å². The van der Waals surface area contributed by atoms with E-state index in [4.69, 9.17) is 0 Å². The van der Waals surface area contributed by atoms with Crippen molar-refractivity contribution in [2.45, 2.75) is 53.0 Å². The molecule has 0 saturated heterocycles. The Morgan fingerprint density at radius 1 is 1.07 bits per heavy atom. The molecule has 0 aliphatic carbocycles. The number of rotatable bonds is 9. The molecule has 1 amide bonds. The highest BCUT2D eigenvalue weighted by Crippen LogP contribution is 2.20. The van der Waals surface area contributed by atoms with E-state index in [-0.39, 0.29) is 24.9 Å². The van der Waals surface area contributed by atoms with Gasteiger partial charge in [0.15, 0.2) is 0 Å². The summed E-state index contributed by atoms with van der Waals surface area (Å²) in [5.74, 6) is -0.0782. The Kier molecular flexibility index (Phi) is 7.85. The highest BCUT2D eigenvalue weighted by molar-refractivity contribution is 7.92. The molecule has 6 heteroatoms. The lowest BCUT2D eigenvalue weighted by Gasteiger charge is -2.23. The Morgan fingerprint density at radius 3 is 2.28 bits per heavy atom. The minimum absolute atomic E-state index is 0.0782. The van der Waals surface area contributed by atoms with Crippen LogP contribution in [0, 0.1) is 13.8 Å². The van der Waals surface area contributed by atoms with E-state index in [1.165, 1.54) is 21.7 Å². The van der Waals surface area contributed by atoms with E-state index in [1.807, 2.05) is 37.3 Å². The molecule has 5 nitrogen and oxygen atoms in total. The maximum Gasteiger partial charge on any atom is 0.232 e. The van der Waals surface area contributed by atoms with E-state index in [9.17, 15) is 13.2 Å². The van der Waals surface area contributed by atoms with Gasteiger partial charge in [0.1, 0.15) is 0 Å². The first kappa shape index (κ1) is 22.9. The summed E-state index contributed by atoms with van der Waals surface area (Å²) in [4.78, 5) is 12.4. The van der Waals surface area contributed by atoms with Crippen LogP contribution in [0.5, 0.6) is 0 Å². The summed E-state index contributed by atoms with van der Waals surface area (Å²) in [5.41, 5.74) is 5.27. The molecule has 0 aliphatic heterocycles. The number of anilines is 1. The molecular weight excluding hydrogens is 384 g/mol. The molecule has 2 rings (SSSR count). The highest BCUT2D eigenvalue weighted by Gasteiger charge is 2.18. The first-order valence-corrected chi connectivity index (χ1v) is 11.9. The molecule has 29 heavy (non-hydrogen) atoms. The van der Waals surface area contributed by atoms with E-state index < -0.39 is 10.0 Å². The van der Waals surface area contributed by atoms with Gasteiger partial charge in [0.25, 0.3) is 0 Å². The number of amides is 1. The Morgan fingerprint density at radius 2 is 1.72 bits per heavy atom. The maximum atomic E-state index is 12.4. The first-order valence-electron chi connectivity index (χ1n) is 10.0. The summed E-state index contributed by atoms with van der Waals surface area (Å²) in [5, 5.41) is 3.00. The molecule has 0 heterocycles. The number of nitrogens with one attached hydrogen (secondary N) is 1. The average Bonchev–Trinajstić information content (AvgIpc) is 2.66. The van der Waals surface area contributed by atoms with E-state index in [0.717, 1.165) is 17.5 Å². The molecule has 0 spiro atoms. The molecule has 2 aromatic rings. The van der Waals surface area contributed by atoms with Crippen LogP contribution in [0.25, 0.3) is 0 Å². The third kappa shape index (κ3) is 6.60. The van der Waals surface area contributed by atoms with Gasteiger partial charge in [-0.1, -0.05) is 37.3 Å². The lowest BCUT2D eigenvalue weighted by molar-refractivity contribution is -0.121. The fourth-order valence-electron chi connectivity index (χ4n) is 3.20. The zero-order valence-corrected chi connectivity index (χ0v) is 18.8. The van der Waals surface area contributed by atoms with Crippen molar-refractivity contribution in [3.63, 3.8) is 0 Å². The molecule has 1 N–H and O–H groups in total. The van der Waals surface area contributed by atoms with Crippen LogP contribution in [0.3, 0.4) is 0 Å². The molecule has 0 aliphatic rings. The van der Waals surface area contributed by atoms with Crippen LogP contribution in [0.1, 0.15) is 55.0 Å². The quantitative estimate of drug-likeness (QED) is 0.663. The SMILES string of the molecule is CCc1ccc(N(CCCC(=O)NC(C)c2ccc(C)c(C)c2)S(C)(=O)=O)cc1. The van der Waals surface area contributed by atoms with Gasteiger partial charge < -0.3 is 5.32 Å². The first-order chi connectivity index (χ1) is 13.6. The standard InChI is InChI=1S/C23H32N2O3S/c1-6-20-10-13-22(14-11-20)25(29(5,27)28)15-7-8-23(26)24-19(4)21-12-9-17(2)18(3)16-21/h9-14,16,19H,6-8,15H2,1-5H3,(H,24,26). The maximum absolute atomic E-state index is 12.4. The Bertz CT molecular complexity index is 937. The van der Waals surface area contributed by atoms with Crippen molar-refractivity contribution in [3.05, 3.63) is 64.7 Å². The molecule has 1 atom stereocenters. The number of carbonyl (C=O) groups is 1. The van der Waals surface area contributed by atoms with E-state index >= 15 is 0 Å². The third-order valence-electron chi connectivity index (χ3n) is 5.21. The van der Waals surface area contributed by atoms with Crippen LogP contribution in [-0.2, 0) is 21.2 Å². The van der Waals surface area contributed by atoms with Gasteiger partial charge in [-0.05, 0) is 68.0 Å². The van der Waals surface area contributed by atoms with Crippen molar-refractivity contribution in [3.8, 4) is 0 Å². The molecule has 1 unspecified atom stereocenters. The van der Waals surface area contributed by atoms with Crippen LogP contribution < -0.4 is 9.62 Å². The van der Waals surface area contributed by atoms with Gasteiger partial charge in [0.2, 0.25) is 15.9 Å². The number of benzene rings is 2. The van der Waals surface area contributed by atoms with Crippen molar-refractivity contribution in [2.24, 2.45) is 0 Å². The summed E-state index contributed by atoms with van der Waals surface area (Å²) in [6, 6.07) is 13.6. The molecule has 0 fully saturated rings. The van der Waals surface area contributed by atoms with E-state index in [2.05, 4.69) is 38.2 Å². The number of aryl methyl sites for hydroxylation is 3. The number of hydrogen-bond donors (Lipinski definition) is 1. The van der Waals surface area contributed by atoms with Gasteiger partial charge in [0, 0.05) is 13.0 Å². The largest absolute Gasteiger partial charge is 0.350 e. The number of carbonyl (C=O) groups excluding carboxylic acids is 1. The Labute approximate surface area is 175 Å². The number of hydrogen-bond acceptors (Lipinski definition) is 3. The Balaban J connectivity index is 1.94. The molecule has 2 aromatic carbocycles. The summed E-state index contributed by atoms with van der Waals surface area (Å²) < 4.78 is 25.8. The zero-order valence-electron chi connectivity index (χ0n) is 18.0. The molecule has 0 bridgehead atoms. The summed E-state index contributed by atoms with van der Waals surface area (Å²) >= 11 is 0. The third-order valence-corrected chi connectivity index (χ3v) is 6.40. The van der Waals surface area contributed by atoms with Crippen molar-refractivity contribution in [2.75, 3.05) is 17.1 Å². The van der Waals surface area contributed by atoms with Gasteiger partial charge in [-0.3, -0.25) is 9.10 Å². The number of sulfonamides is 1. The molecule has 0 aromatic heterocycles. The minimum Gasteiger partial charge on any atom is -0.350 e. The molecule has 0 radical (unpaired) electrons. The average molecular weight is 417 g/mol. The fraction of sp³-hybridized carbons (Fsp3) is 0.435. The van der Waals surface area contributed by atoms with E-state index in [1.54, 1.807) is 0 Å². The monoisotopic (exact) mass is 416 g/mol. The van der Waals surface area contributed by atoms with Crippen LogP contribution in [0.15, 0.2) is 42.5 Å². The van der Waals surface area contributed by atoms with Gasteiger partial charge in [-0.15, -0.1) is 0 Å². The summed E-state index contributed by atoms with van der Waals surface area (Å²) in [6.07, 6.45) is 2.82. The number of nitrogens with zero attached hydrogens (tertiary/aromatic N) is 1. The lowest BCUT2D eigenvalue weighted by Crippen LogP contribution is -2.32. The predicted octanol–water partition coefficient (Wildman–Crippen LogP) is 4.29. The van der Waals surface area contributed by atoms with Crippen molar-refractivity contribution in [1.29, 1.82) is 0 Å². The summed E-state index contributed by atoms with van der Waals surface area (Å²) in [7, 11) is -3.41. The van der Waals surface area contributed by atoms with Crippen LogP contribution in [0.2, 0.25) is 0 Å². The zero-order chi connectivity index (χ0) is 21.6. The highest BCUT2D eigenvalue weighted by atomic mass is 32.2. The lowest BCUT2D eigenvalue weighted by atomic mass is 10.0. The Hall–Kier alpha value is -2.34. The minimum atomic E-state index is -3.41. The second kappa shape index (κ2) is 9.92. The van der Waals surface area contributed by atoms with Crippen LogP contribution >= 0.6 is 0 Å².